The minimum atomic E-state index is -0.133. The molecule has 0 bridgehead atoms. The lowest BCUT2D eigenvalue weighted by molar-refractivity contribution is 0.0957. The van der Waals surface area contributed by atoms with Crippen molar-refractivity contribution < 1.29 is 9.32 Å². The van der Waals surface area contributed by atoms with Gasteiger partial charge in [-0.2, -0.15) is 4.98 Å². The summed E-state index contributed by atoms with van der Waals surface area (Å²) in [5, 5.41) is 9.99. The zero-order valence-electron chi connectivity index (χ0n) is 12.4. The first-order valence-electron chi connectivity index (χ1n) is 7.30. The second-order valence-electron chi connectivity index (χ2n) is 5.19. The van der Waals surface area contributed by atoms with Gasteiger partial charge in [0.25, 0.3) is 11.8 Å². The maximum absolute atomic E-state index is 12.4. The van der Waals surface area contributed by atoms with Crippen LogP contribution in [0.4, 0.5) is 0 Å². The van der Waals surface area contributed by atoms with Crippen molar-refractivity contribution in [1.29, 1.82) is 0 Å². The second kappa shape index (κ2) is 6.53. The Morgan fingerprint density at radius 2 is 2.27 bits per heavy atom. The summed E-state index contributed by atoms with van der Waals surface area (Å²) in [6, 6.07) is 7.25. The van der Waals surface area contributed by atoms with Crippen molar-refractivity contribution in [3.05, 3.63) is 47.3 Å². The van der Waals surface area contributed by atoms with Crippen molar-refractivity contribution in [2.24, 2.45) is 0 Å². The Labute approximate surface area is 128 Å². The number of carbonyl (C=O) groups is 1. The Kier molecular flexibility index (Phi) is 4.29. The Hall–Kier alpha value is -2.47. The average molecular weight is 298 g/mol. The van der Waals surface area contributed by atoms with Crippen LogP contribution in [-0.2, 0) is 0 Å². The van der Waals surface area contributed by atoms with E-state index in [-0.39, 0.29) is 5.91 Å². The molecule has 1 aliphatic rings. The summed E-state index contributed by atoms with van der Waals surface area (Å²) in [5.41, 5.74) is 2.44. The summed E-state index contributed by atoms with van der Waals surface area (Å²) in [6.45, 7) is 4.14. The molecule has 1 aromatic carbocycles. The number of nitrogens with zero attached hydrogens (tertiary/aromatic N) is 2. The maximum atomic E-state index is 12.4. The summed E-state index contributed by atoms with van der Waals surface area (Å²) >= 11 is 0. The molecule has 1 aliphatic heterocycles. The number of rotatable bonds is 4. The van der Waals surface area contributed by atoms with Gasteiger partial charge >= 0.3 is 0 Å². The molecule has 6 heteroatoms. The van der Waals surface area contributed by atoms with Crippen molar-refractivity contribution in [2.75, 3.05) is 19.6 Å². The van der Waals surface area contributed by atoms with Crippen LogP contribution >= 0.6 is 0 Å². The normalized spacial score (nSPS) is 14.5. The molecule has 22 heavy (non-hydrogen) atoms. The third-order valence-electron chi connectivity index (χ3n) is 3.56. The van der Waals surface area contributed by atoms with E-state index in [9.17, 15) is 4.79 Å². The monoisotopic (exact) mass is 298 g/mol. The van der Waals surface area contributed by atoms with Crippen LogP contribution in [0, 0.1) is 6.92 Å². The van der Waals surface area contributed by atoms with Gasteiger partial charge in [0.15, 0.2) is 5.82 Å². The maximum Gasteiger partial charge on any atom is 0.258 e. The van der Waals surface area contributed by atoms with Crippen molar-refractivity contribution in [3.63, 3.8) is 0 Å². The number of carbonyl (C=O) groups excluding carboxylic acids is 1. The van der Waals surface area contributed by atoms with Crippen LogP contribution in [0.15, 0.2) is 40.4 Å². The van der Waals surface area contributed by atoms with Crippen molar-refractivity contribution in [3.8, 4) is 11.5 Å². The molecule has 1 aromatic heterocycles. The molecule has 114 valence electrons. The van der Waals surface area contributed by atoms with Crippen LogP contribution in [0.5, 0.6) is 0 Å². The van der Waals surface area contributed by atoms with Crippen LogP contribution < -0.4 is 10.6 Å². The quantitative estimate of drug-likeness (QED) is 0.840. The van der Waals surface area contributed by atoms with E-state index >= 15 is 0 Å². The molecule has 0 saturated heterocycles. The molecule has 0 unspecified atom stereocenters. The Morgan fingerprint density at radius 1 is 1.41 bits per heavy atom. The highest BCUT2D eigenvalue weighted by Gasteiger charge is 2.16. The number of benzene rings is 1. The van der Waals surface area contributed by atoms with Crippen molar-refractivity contribution >= 4 is 5.91 Å². The summed E-state index contributed by atoms with van der Waals surface area (Å²) in [4.78, 5) is 16.6. The van der Waals surface area contributed by atoms with Gasteiger partial charge in [-0.3, -0.25) is 4.79 Å². The Balaban J connectivity index is 1.76. The highest BCUT2D eigenvalue weighted by atomic mass is 16.5. The fraction of sp³-hybridized carbons (Fsp3) is 0.312. The zero-order valence-corrected chi connectivity index (χ0v) is 12.4. The fourth-order valence-electron chi connectivity index (χ4n) is 2.39. The van der Waals surface area contributed by atoms with Gasteiger partial charge in [-0.15, -0.1) is 0 Å². The van der Waals surface area contributed by atoms with Gasteiger partial charge in [0.1, 0.15) is 0 Å². The van der Waals surface area contributed by atoms with Gasteiger partial charge in [0.05, 0.1) is 11.1 Å². The van der Waals surface area contributed by atoms with Gasteiger partial charge in [-0.1, -0.05) is 28.9 Å². The lowest BCUT2D eigenvalue weighted by atomic mass is 10.1. The molecule has 1 amide bonds. The van der Waals surface area contributed by atoms with Crippen LogP contribution in [-0.4, -0.2) is 35.7 Å². The highest BCUT2D eigenvalue weighted by molar-refractivity contribution is 6.00. The number of nitrogens with one attached hydrogen (secondary N) is 2. The largest absolute Gasteiger partial charge is 0.348 e. The molecule has 2 aromatic rings. The first kappa shape index (κ1) is 14.5. The smallest absolute Gasteiger partial charge is 0.258 e. The number of aryl methyl sites for hydroxylation is 1. The molecule has 0 aliphatic carbocycles. The SMILES string of the molecule is Cc1noc(-c2ccccc2C(=O)NCC2=CCNCC2)n1. The molecule has 0 spiro atoms. The summed E-state index contributed by atoms with van der Waals surface area (Å²) in [6.07, 6.45) is 3.09. The van der Waals surface area contributed by atoms with E-state index in [0.29, 0.717) is 29.4 Å². The van der Waals surface area contributed by atoms with E-state index in [1.54, 1.807) is 13.0 Å². The van der Waals surface area contributed by atoms with Crippen LogP contribution in [0.2, 0.25) is 0 Å². The van der Waals surface area contributed by atoms with Gasteiger partial charge in [0.2, 0.25) is 0 Å². The van der Waals surface area contributed by atoms with E-state index in [2.05, 4.69) is 26.9 Å². The third-order valence-corrected chi connectivity index (χ3v) is 3.56. The standard InChI is InChI=1S/C16H18N4O2/c1-11-19-16(22-20-11)14-5-3-2-4-13(14)15(21)18-10-12-6-8-17-9-7-12/h2-6,17H,7-10H2,1H3,(H,18,21). The Bertz CT molecular complexity index is 706. The minimum Gasteiger partial charge on any atom is -0.348 e. The molecule has 0 radical (unpaired) electrons. The van der Waals surface area contributed by atoms with Gasteiger partial charge in [0, 0.05) is 13.1 Å². The van der Waals surface area contributed by atoms with Gasteiger partial charge in [-0.05, 0) is 32.0 Å². The van der Waals surface area contributed by atoms with Gasteiger partial charge < -0.3 is 15.2 Å². The molecule has 2 heterocycles. The molecule has 2 N–H and O–H groups in total. The van der Waals surface area contributed by atoms with E-state index in [1.165, 1.54) is 5.57 Å². The third kappa shape index (κ3) is 3.23. The van der Waals surface area contributed by atoms with Gasteiger partial charge in [-0.25, -0.2) is 0 Å². The molecule has 6 nitrogen and oxygen atoms in total. The average Bonchev–Trinajstić information content (AvgIpc) is 3.00. The number of hydrogen-bond acceptors (Lipinski definition) is 5. The van der Waals surface area contributed by atoms with E-state index in [1.807, 2.05) is 18.2 Å². The lowest BCUT2D eigenvalue weighted by Crippen LogP contribution is -2.29. The number of aromatic nitrogens is 2. The number of amides is 1. The van der Waals surface area contributed by atoms with Crippen molar-refractivity contribution in [2.45, 2.75) is 13.3 Å². The summed E-state index contributed by atoms with van der Waals surface area (Å²) < 4.78 is 5.17. The van der Waals surface area contributed by atoms with Crippen LogP contribution in [0.25, 0.3) is 11.5 Å². The number of hydrogen-bond donors (Lipinski definition) is 2. The highest BCUT2D eigenvalue weighted by Crippen LogP contribution is 2.21. The summed E-state index contributed by atoms with van der Waals surface area (Å²) in [7, 11) is 0. The molecule has 3 rings (SSSR count). The van der Waals surface area contributed by atoms with Crippen molar-refractivity contribution in [1.82, 2.24) is 20.8 Å². The first-order valence-corrected chi connectivity index (χ1v) is 7.30. The van der Waals surface area contributed by atoms with E-state index in [0.717, 1.165) is 19.5 Å². The minimum absolute atomic E-state index is 0.133. The van der Waals surface area contributed by atoms with E-state index < -0.39 is 0 Å². The summed E-state index contributed by atoms with van der Waals surface area (Å²) in [5.74, 6) is 0.778. The Morgan fingerprint density at radius 3 is 3.00 bits per heavy atom. The van der Waals surface area contributed by atoms with Crippen LogP contribution in [0.3, 0.4) is 0 Å². The molecular weight excluding hydrogens is 280 g/mol. The van der Waals surface area contributed by atoms with E-state index in [4.69, 9.17) is 4.52 Å². The molecular formula is C16H18N4O2. The second-order valence-corrected chi connectivity index (χ2v) is 5.19. The molecule has 0 atom stereocenters. The molecule has 0 fully saturated rings. The topological polar surface area (TPSA) is 80.0 Å². The zero-order chi connectivity index (χ0) is 15.4. The first-order chi connectivity index (χ1) is 10.7. The predicted octanol–water partition coefficient (Wildman–Crippen LogP) is 1.69. The predicted molar refractivity (Wildman–Crippen MR) is 82.4 cm³/mol. The lowest BCUT2D eigenvalue weighted by Gasteiger charge is -2.15. The fourth-order valence-corrected chi connectivity index (χ4v) is 2.39. The molecule has 0 saturated carbocycles. The van der Waals surface area contributed by atoms with Crippen LogP contribution in [0.1, 0.15) is 22.6 Å².